The van der Waals surface area contributed by atoms with E-state index in [4.69, 9.17) is 25.6 Å². The number of rotatable bonds is 7. The second-order valence-corrected chi connectivity index (χ2v) is 7.51. The molecule has 0 radical (unpaired) electrons. The molecule has 7 heteroatoms. The third kappa shape index (κ3) is 4.87. The molecule has 1 aromatic rings. The van der Waals surface area contributed by atoms with Crippen LogP contribution >= 0.6 is 6.64 Å². The molecule has 1 aromatic carbocycles. The van der Waals surface area contributed by atoms with E-state index in [1.165, 1.54) is 0 Å². The number of esters is 1. The fourth-order valence-electron chi connectivity index (χ4n) is 1.43. The molecule has 20 heavy (non-hydrogen) atoms. The summed E-state index contributed by atoms with van der Waals surface area (Å²) in [5, 5.41) is 2.86. The number of benzene rings is 1. The number of ether oxygens (including phenoxy) is 1. The number of para-hydroxylation sites is 1. The number of hydrogen-bond donors (Lipinski definition) is 1. The van der Waals surface area contributed by atoms with Gasteiger partial charge in [0.25, 0.3) is 0 Å². The van der Waals surface area contributed by atoms with Crippen LogP contribution in [-0.4, -0.2) is 25.7 Å². The quantitative estimate of drug-likeness (QED) is 0.616. The van der Waals surface area contributed by atoms with E-state index in [2.05, 4.69) is 5.09 Å². The molecular weight excluding hydrogens is 297 g/mol. The van der Waals surface area contributed by atoms with Gasteiger partial charge in [0.15, 0.2) is 0 Å². The SMILES string of the molecule is CCOP(=S)(NC)Oc1ccccc1C(=O)OC(C)C. The van der Waals surface area contributed by atoms with Crippen LogP contribution in [0.3, 0.4) is 0 Å². The summed E-state index contributed by atoms with van der Waals surface area (Å²) in [6, 6.07) is 6.83. The topological polar surface area (TPSA) is 56.8 Å². The third-order valence-electron chi connectivity index (χ3n) is 2.24. The Hall–Kier alpha value is -0.940. The normalized spacial score (nSPS) is 13.8. The number of carbonyl (C=O) groups excluding carboxylic acids is 1. The second-order valence-electron chi connectivity index (χ2n) is 4.18. The summed E-state index contributed by atoms with van der Waals surface area (Å²) in [4.78, 5) is 12.0. The first-order valence-electron chi connectivity index (χ1n) is 6.35. The minimum atomic E-state index is -2.65. The van der Waals surface area contributed by atoms with Gasteiger partial charge in [-0.25, -0.2) is 9.88 Å². The lowest BCUT2D eigenvalue weighted by Gasteiger charge is -2.22. The van der Waals surface area contributed by atoms with Crippen LogP contribution < -0.4 is 9.61 Å². The van der Waals surface area contributed by atoms with Gasteiger partial charge in [0.1, 0.15) is 11.3 Å². The number of nitrogens with one attached hydrogen (secondary N) is 1. The van der Waals surface area contributed by atoms with E-state index in [-0.39, 0.29) is 6.10 Å². The van der Waals surface area contributed by atoms with Crippen molar-refractivity contribution < 1.29 is 18.6 Å². The molecule has 1 unspecified atom stereocenters. The van der Waals surface area contributed by atoms with Gasteiger partial charge in [0.05, 0.1) is 12.7 Å². The molecule has 0 saturated heterocycles. The van der Waals surface area contributed by atoms with Crippen molar-refractivity contribution in [1.82, 2.24) is 5.09 Å². The molecule has 0 fully saturated rings. The van der Waals surface area contributed by atoms with Crippen LogP contribution in [0.2, 0.25) is 0 Å². The summed E-state index contributed by atoms with van der Waals surface area (Å²) >= 11 is 5.32. The van der Waals surface area contributed by atoms with E-state index in [1.807, 2.05) is 6.92 Å². The van der Waals surface area contributed by atoms with Crippen LogP contribution in [0.15, 0.2) is 24.3 Å². The van der Waals surface area contributed by atoms with Crippen molar-refractivity contribution in [2.75, 3.05) is 13.7 Å². The van der Waals surface area contributed by atoms with Crippen molar-refractivity contribution in [1.29, 1.82) is 0 Å². The molecule has 0 aromatic heterocycles. The van der Waals surface area contributed by atoms with Gasteiger partial charge in [0, 0.05) is 0 Å². The van der Waals surface area contributed by atoms with Crippen LogP contribution in [-0.2, 0) is 21.1 Å². The zero-order valence-electron chi connectivity index (χ0n) is 12.1. The van der Waals surface area contributed by atoms with E-state index in [0.717, 1.165) is 0 Å². The monoisotopic (exact) mass is 317 g/mol. The van der Waals surface area contributed by atoms with Gasteiger partial charge >= 0.3 is 12.6 Å². The maximum atomic E-state index is 12.0. The van der Waals surface area contributed by atoms with Gasteiger partial charge in [-0.2, -0.15) is 0 Å². The Morgan fingerprint density at radius 1 is 1.40 bits per heavy atom. The Morgan fingerprint density at radius 3 is 2.60 bits per heavy atom. The Labute approximate surface area is 124 Å². The first kappa shape index (κ1) is 17.1. The molecule has 0 spiro atoms. The standard InChI is InChI=1S/C13H20NO4PS/c1-5-16-19(20,14-4)18-12-9-7-6-8-11(12)13(15)17-10(2)3/h6-10H,5H2,1-4H3,(H,14,20). The van der Waals surface area contributed by atoms with Gasteiger partial charge in [0.2, 0.25) is 0 Å². The molecule has 0 bridgehead atoms. The lowest BCUT2D eigenvalue weighted by Crippen LogP contribution is -2.15. The predicted octanol–water partition coefficient (Wildman–Crippen LogP) is 3.11. The molecule has 112 valence electrons. The summed E-state index contributed by atoms with van der Waals surface area (Å²) in [6.07, 6.45) is -0.199. The van der Waals surface area contributed by atoms with Crippen molar-refractivity contribution in [3.8, 4) is 5.75 Å². The molecule has 0 aliphatic carbocycles. The largest absolute Gasteiger partial charge is 0.459 e. The average Bonchev–Trinajstić information content (AvgIpc) is 2.38. The van der Waals surface area contributed by atoms with Crippen LogP contribution in [0, 0.1) is 0 Å². The van der Waals surface area contributed by atoms with Crippen LogP contribution in [0.25, 0.3) is 0 Å². The van der Waals surface area contributed by atoms with Crippen molar-refractivity contribution in [2.45, 2.75) is 26.9 Å². The molecule has 0 saturated carbocycles. The van der Waals surface area contributed by atoms with E-state index in [1.54, 1.807) is 45.2 Å². The summed E-state index contributed by atoms with van der Waals surface area (Å²) < 4.78 is 16.3. The number of carbonyl (C=O) groups is 1. The van der Waals surface area contributed by atoms with Crippen molar-refractivity contribution in [3.63, 3.8) is 0 Å². The van der Waals surface area contributed by atoms with Crippen molar-refractivity contribution in [2.24, 2.45) is 0 Å². The summed E-state index contributed by atoms with van der Waals surface area (Å²) in [7, 11) is 1.67. The highest BCUT2D eigenvalue weighted by molar-refractivity contribution is 8.09. The fourth-order valence-corrected chi connectivity index (χ4v) is 3.02. The Kier molecular flexibility index (Phi) is 6.62. The van der Waals surface area contributed by atoms with Gasteiger partial charge in [-0.05, 0) is 51.8 Å². The minimum Gasteiger partial charge on any atom is -0.459 e. The van der Waals surface area contributed by atoms with E-state index in [9.17, 15) is 4.79 Å². The zero-order valence-corrected chi connectivity index (χ0v) is 13.8. The van der Waals surface area contributed by atoms with Gasteiger partial charge < -0.3 is 13.8 Å². The zero-order chi connectivity index (χ0) is 15.2. The summed E-state index contributed by atoms with van der Waals surface area (Å²) in [5.74, 6) is -0.0750. The van der Waals surface area contributed by atoms with Crippen molar-refractivity contribution in [3.05, 3.63) is 29.8 Å². The summed E-state index contributed by atoms with van der Waals surface area (Å²) in [5.41, 5.74) is 0.338. The Morgan fingerprint density at radius 2 is 2.05 bits per heavy atom. The fraction of sp³-hybridized carbons (Fsp3) is 0.462. The predicted molar refractivity (Wildman–Crippen MR) is 82.6 cm³/mol. The molecule has 1 rings (SSSR count). The maximum absolute atomic E-state index is 12.0. The van der Waals surface area contributed by atoms with Gasteiger partial charge in [-0.1, -0.05) is 12.1 Å². The number of hydrogen-bond acceptors (Lipinski definition) is 5. The lowest BCUT2D eigenvalue weighted by atomic mass is 10.2. The molecule has 5 nitrogen and oxygen atoms in total. The third-order valence-corrected chi connectivity index (χ3v) is 4.91. The van der Waals surface area contributed by atoms with Crippen LogP contribution in [0.1, 0.15) is 31.1 Å². The van der Waals surface area contributed by atoms with E-state index >= 15 is 0 Å². The molecule has 1 atom stereocenters. The smallest absolute Gasteiger partial charge is 0.342 e. The van der Waals surface area contributed by atoms with Crippen LogP contribution in [0.5, 0.6) is 5.75 Å². The first-order valence-corrected chi connectivity index (χ1v) is 8.99. The van der Waals surface area contributed by atoms with Gasteiger partial charge in [-0.15, -0.1) is 0 Å². The molecule has 0 aliphatic rings. The van der Waals surface area contributed by atoms with Crippen LogP contribution in [0.4, 0.5) is 0 Å². The molecule has 1 N–H and O–H groups in total. The highest BCUT2D eigenvalue weighted by Gasteiger charge is 2.22. The highest BCUT2D eigenvalue weighted by Crippen LogP contribution is 2.44. The lowest BCUT2D eigenvalue weighted by molar-refractivity contribution is 0.0376. The van der Waals surface area contributed by atoms with Crippen molar-refractivity contribution >= 4 is 24.4 Å². The Balaban J connectivity index is 3.01. The first-order chi connectivity index (χ1) is 9.41. The average molecular weight is 317 g/mol. The van der Waals surface area contributed by atoms with E-state index in [0.29, 0.717) is 17.9 Å². The second kappa shape index (κ2) is 7.74. The molecular formula is C13H20NO4PS. The Bertz CT molecular complexity index is 507. The molecule has 0 aliphatic heterocycles. The molecule has 0 amide bonds. The van der Waals surface area contributed by atoms with Gasteiger partial charge in [-0.3, -0.25) is 0 Å². The highest BCUT2D eigenvalue weighted by atomic mass is 32.5. The molecule has 0 heterocycles. The summed E-state index contributed by atoms with van der Waals surface area (Å²) in [6.45, 7) is 3.20. The minimum absolute atomic E-state index is 0.199. The van der Waals surface area contributed by atoms with E-state index < -0.39 is 12.6 Å². The maximum Gasteiger partial charge on any atom is 0.342 e.